The van der Waals surface area contributed by atoms with Gasteiger partial charge < -0.3 is 22.9 Å². The molecule has 1 unspecified atom stereocenters. The summed E-state index contributed by atoms with van der Waals surface area (Å²) in [5.41, 5.74) is 1.19. The maximum atomic E-state index is 8.68. The van der Waals surface area contributed by atoms with Crippen molar-refractivity contribution >= 4 is 38.9 Å². The van der Waals surface area contributed by atoms with Gasteiger partial charge in [-0.15, -0.1) is 36.8 Å². The minimum Gasteiger partial charge on any atom is 0 e. The fourth-order valence-corrected chi connectivity index (χ4v) is 2.68. The molecule has 0 aliphatic carbocycles. The van der Waals surface area contributed by atoms with Crippen LogP contribution < -0.4 is 0 Å². The van der Waals surface area contributed by atoms with E-state index in [1.165, 1.54) is 38.2 Å². The van der Waals surface area contributed by atoms with Gasteiger partial charge in [-0.1, -0.05) is 41.5 Å². The van der Waals surface area contributed by atoms with Crippen LogP contribution in [0.2, 0.25) is 10.0 Å². The average molecular weight is 706 g/mol. The molecule has 4 rings (SSSR count). The van der Waals surface area contributed by atoms with Gasteiger partial charge in [-0.3, -0.25) is 6.29 Å². The Morgan fingerprint density at radius 2 is 1.87 bits per heavy atom. The zero-order valence-corrected chi connectivity index (χ0v) is 23.2. The molecule has 3 nitrogen and oxygen atoms in total. The predicted molar refractivity (Wildman–Crippen MR) is 129 cm³/mol. The maximum absolute atomic E-state index is 8.68. The number of rotatable bonds is 1. The van der Waals surface area contributed by atoms with Crippen LogP contribution in [0.3, 0.4) is 0 Å². The molecule has 0 spiro atoms. The van der Waals surface area contributed by atoms with Crippen LogP contribution in [0.5, 0.6) is 0 Å². The summed E-state index contributed by atoms with van der Waals surface area (Å²) >= 11 is 12.5. The van der Waals surface area contributed by atoms with Crippen molar-refractivity contribution in [2.24, 2.45) is 0 Å². The van der Waals surface area contributed by atoms with Crippen molar-refractivity contribution < 1.29 is 40.6 Å². The Bertz CT molecular complexity index is 624. The molecule has 181 valence electrons. The van der Waals surface area contributed by atoms with Gasteiger partial charge in [0.25, 0.3) is 0 Å². The van der Waals surface area contributed by atoms with E-state index in [2.05, 4.69) is 38.3 Å². The van der Waals surface area contributed by atoms with E-state index < -0.39 is 0 Å². The molecule has 0 amide bonds. The summed E-state index contributed by atoms with van der Waals surface area (Å²) in [6.45, 7) is 3.19. The molecule has 0 radical (unpaired) electrons. The van der Waals surface area contributed by atoms with Crippen LogP contribution in [0.1, 0.15) is 26.2 Å². The molecule has 1 atom stereocenters. The Hall–Kier alpha value is -0.312. The van der Waals surface area contributed by atoms with Crippen LogP contribution in [0.25, 0.3) is 10.6 Å². The van der Waals surface area contributed by atoms with Crippen LogP contribution in [0.4, 0.5) is 0 Å². The molecule has 2 aromatic rings. The van der Waals surface area contributed by atoms with Gasteiger partial charge in [0, 0.05) is 17.1 Å². The molecule has 0 bridgehead atoms. The van der Waals surface area contributed by atoms with Gasteiger partial charge in [-0.2, -0.15) is 54.6 Å². The number of allylic oxidation sites excluding steroid dienone is 2. The number of hydrogen-bond acceptors (Lipinski definition) is 1. The first-order valence-electron chi connectivity index (χ1n) is 9.03. The number of nitrogens with zero attached hydrogens (tertiary/aromatic N) is 2. The molecule has 2 aromatic carbocycles. The van der Waals surface area contributed by atoms with Crippen LogP contribution in [0.15, 0.2) is 72.5 Å². The van der Waals surface area contributed by atoms with Crippen LogP contribution in [-0.4, -0.2) is 25.4 Å². The third-order valence-electron chi connectivity index (χ3n) is 3.60. The van der Waals surface area contributed by atoms with E-state index in [1.807, 2.05) is 48.5 Å². The first-order valence-corrected chi connectivity index (χ1v) is 12.6. The number of halogens is 3. The number of carbonyl (C=O) groups excluding carboxylic acids is 1. The monoisotopic (exact) mass is 704 g/mol. The van der Waals surface area contributed by atoms with Crippen LogP contribution in [-0.2, 0) is 40.6 Å². The minimum atomic E-state index is 0. The Labute approximate surface area is 224 Å². The van der Waals surface area contributed by atoms with Gasteiger partial charge in [0.1, 0.15) is 0 Å². The van der Waals surface area contributed by atoms with Crippen molar-refractivity contribution in [1.29, 1.82) is 0 Å². The summed E-state index contributed by atoms with van der Waals surface area (Å²) in [6.07, 6.45) is 11.5. The summed E-state index contributed by atoms with van der Waals surface area (Å²) in [4.78, 5) is 8.68. The molecule has 2 heterocycles. The summed E-state index contributed by atoms with van der Waals surface area (Å²) < 4.78 is 0. The molecule has 2 aliphatic heterocycles. The zero-order chi connectivity index (χ0) is 21.7. The summed E-state index contributed by atoms with van der Waals surface area (Å²) in [5, 5.41) is 10.6. The normalized spacial score (nSPS) is 15.4. The van der Waals surface area contributed by atoms with Gasteiger partial charge in [-0.25, -0.2) is 18.2 Å². The molecule has 1 saturated heterocycles. The van der Waals surface area contributed by atoms with Crippen molar-refractivity contribution in [2.45, 2.75) is 32.2 Å². The zero-order valence-electron chi connectivity index (χ0n) is 17.6. The van der Waals surface area contributed by atoms with E-state index in [0.29, 0.717) is 6.04 Å². The van der Waals surface area contributed by atoms with E-state index in [9.17, 15) is 0 Å². The Balaban J connectivity index is -0.000000356. The third kappa shape index (κ3) is 20.1. The Morgan fingerprint density at radius 3 is 2.19 bits per heavy atom. The second-order valence-corrected chi connectivity index (χ2v) is 6.56. The minimum absolute atomic E-state index is 0. The van der Waals surface area contributed by atoms with E-state index in [1.54, 1.807) is 18.8 Å². The smallest absolute Gasteiger partial charge is 0 e. The first kappa shape index (κ1) is 35.3. The van der Waals surface area contributed by atoms with E-state index in [-0.39, 0.29) is 24.5 Å². The SMILES string of the molecule is C1=CC[N-]C(C2CCCC[N-]2)=C1.C[C-]=O.Cl[c-]1cccc1.Clc1ccc[cH-]1.[CH3-].[Cl][Pt].[Fe]. The van der Waals surface area contributed by atoms with Crippen molar-refractivity contribution in [2.75, 3.05) is 13.1 Å². The molecule has 0 saturated carbocycles. The van der Waals surface area contributed by atoms with Gasteiger partial charge in [-0.05, 0) is 0 Å². The molecular weight excluding hydrogens is 678 g/mol. The van der Waals surface area contributed by atoms with Crippen molar-refractivity contribution in [3.05, 3.63) is 101 Å². The van der Waals surface area contributed by atoms with Crippen LogP contribution in [0, 0.1) is 7.43 Å². The van der Waals surface area contributed by atoms with Crippen molar-refractivity contribution in [3.63, 3.8) is 0 Å². The van der Waals surface area contributed by atoms with E-state index in [4.69, 9.17) is 28.0 Å². The first-order chi connectivity index (χ1) is 14.2. The summed E-state index contributed by atoms with van der Waals surface area (Å²) in [5.74, 6) is 0. The molecule has 1 fully saturated rings. The predicted octanol–water partition coefficient (Wildman–Crippen LogP) is 8.11. The van der Waals surface area contributed by atoms with Crippen molar-refractivity contribution in [3.8, 4) is 0 Å². The topological polar surface area (TPSA) is 45.3 Å². The molecule has 2 aliphatic rings. The summed E-state index contributed by atoms with van der Waals surface area (Å²) in [6, 6.07) is 15.4. The second-order valence-electron chi connectivity index (χ2n) is 5.69. The van der Waals surface area contributed by atoms with Gasteiger partial charge in [0.2, 0.25) is 0 Å². The molecule has 0 aromatic heterocycles. The Kier molecular flexibility index (Phi) is 29.5. The summed E-state index contributed by atoms with van der Waals surface area (Å²) in [7, 11) is 4.61. The quantitative estimate of drug-likeness (QED) is 0.219. The van der Waals surface area contributed by atoms with E-state index >= 15 is 0 Å². The van der Waals surface area contributed by atoms with Gasteiger partial charge in [0.15, 0.2) is 0 Å². The number of piperidine rings is 1. The fraction of sp³-hybridized carbons (Fsp3) is 0.304. The van der Waals surface area contributed by atoms with E-state index in [0.717, 1.165) is 23.1 Å². The molecule has 31 heavy (non-hydrogen) atoms. The van der Waals surface area contributed by atoms with Gasteiger partial charge >= 0.3 is 28.2 Å². The molecule has 8 heteroatoms. The number of hydrogen-bond donors (Lipinski definition) is 0. The van der Waals surface area contributed by atoms with Crippen LogP contribution >= 0.6 is 32.6 Å². The largest absolute Gasteiger partial charge is 0 e. The standard InChI is InChI=1S/C10H14N2.2C5H4Cl.C2H3O.CH3.ClH.Fe.Pt/c1-3-7-11-9(5-1)10-6-2-4-8-12-10;2*6-5-3-1-2-4-5;1-2-3;;;;/h1,3,5,10H,2,4,6-8H2;2*1-4H;1H3;1H3;1H;;/q-2;4*-1;;;+1/p-1. The Morgan fingerprint density at radius 1 is 1.23 bits per heavy atom. The fourth-order valence-electron chi connectivity index (χ4n) is 2.39. The third-order valence-corrected chi connectivity index (χ3v) is 4.11. The van der Waals surface area contributed by atoms with Crippen molar-refractivity contribution in [1.82, 2.24) is 0 Å². The maximum Gasteiger partial charge on any atom is 0 e. The molecular formula is C23H28Cl3FeN2OPt-6. The second kappa shape index (κ2) is 25.9. The average Bonchev–Trinajstić information content (AvgIpc) is 3.46. The molecule has 0 N–H and O–H groups in total. The van der Waals surface area contributed by atoms with Gasteiger partial charge in [0.05, 0.1) is 0 Å².